The van der Waals surface area contributed by atoms with Gasteiger partial charge in [0, 0.05) is 17.1 Å². The van der Waals surface area contributed by atoms with Gasteiger partial charge in [-0.1, -0.05) is 12.1 Å². The van der Waals surface area contributed by atoms with Crippen LogP contribution >= 0.6 is 0 Å². The molecule has 0 N–H and O–H groups in total. The number of benzene rings is 1. The van der Waals surface area contributed by atoms with Crippen molar-refractivity contribution >= 4 is 17.9 Å². The molecule has 0 aliphatic carbocycles. The summed E-state index contributed by atoms with van der Waals surface area (Å²) < 4.78 is 38.1. The molecule has 1 heterocycles. The fraction of sp³-hybridized carbons (Fsp3) is 0.200. The Kier molecular flexibility index (Phi) is 4.71. The number of hydrogen-bond donors (Lipinski definition) is 0. The fourth-order valence-electron chi connectivity index (χ4n) is 1.76. The van der Waals surface area contributed by atoms with E-state index in [1.165, 1.54) is 10.8 Å². The van der Waals surface area contributed by atoms with Crippen LogP contribution in [0.5, 0.6) is 0 Å². The van der Waals surface area contributed by atoms with Crippen LogP contribution in [-0.2, 0) is 6.44 Å². The fourth-order valence-corrected chi connectivity index (χ4v) is 1.76. The summed E-state index contributed by atoms with van der Waals surface area (Å²) in [5, 5.41) is 0.887. The Morgan fingerprint density at radius 1 is 1.19 bits per heavy atom. The summed E-state index contributed by atoms with van der Waals surface area (Å²) in [5.41, 5.74) is 1.65. The first kappa shape index (κ1) is 14.3. The van der Waals surface area contributed by atoms with Crippen LogP contribution in [0.2, 0.25) is 0 Å². The first-order valence-corrected chi connectivity index (χ1v) is 4.73. The molecule has 0 radical (unpaired) electrons. The molecule has 0 aliphatic heterocycles. The molecule has 2 rings (SSSR count). The van der Waals surface area contributed by atoms with Gasteiger partial charge < -0.3 is 17.5 Å². The smallest absolute Gasteiger partial charge is 0.448 e. The van der Waals surface area contributed by atoms with E-state index in [1.807, 2.05) is 13.0 Å². The van der Waals surface area contributed by atoms with E-state index in [2.05, 4.69) is 0 Å². The number of hydrogen-bond acceptors (Lipinski definition) is 0. The van der Waals surface area contributed by atoms with Crippen LogP contribution in [0.4, 0.5) is 12.9 Å². The van der Waals surface area contributed by atoms with Crippen LogP contribution in [0.3, 0.4) is 0 Å². The van der Waals surface area contributed by atoms with Crippen molar-refractivity contribution in [2.45, 2.75) is 13.4 Å². The number of aromatic nitrogens is 1. The first-order valence-electron chi connectivity index (χ1n) is 4.73. The predicted molar refractivity (Wildman–Crippen MR) is 55.8 cm³/mol. The van der Waals surface area contributed by atoms with Crippen LogP contribution < -0.4 is 51.4 Å². The third-order valence-electron chi connectivity index (χ3n) is 2.44. The molecule has 80 valence electrons. The largest absolute Gasteiger partial charge is 1.00 e. The van der Waals surface area contributed by atoms with Gasteiger partial charge in [0.15, 0.2) is 0 Å². The molecule has 0 atom stereocenters. The summed E-state index contributed by atoms with van der Waals surface area (Å²) in [7, 11) is 0. The van der Waals surface area contributed by atoms with Crippen LogP contribution in [0.1, 0.15) is 5.56 Å². The monoisotopic (exact) mass is 251 g/mol. The molecule has 0 bridgehead atoms. The number of rotatable bonds is 2. The summed E-state index contributed by atoms with van der Waals surface area (Å²) in [6.07, 6.45) is 0.625. The normalized spacial score (nSPS) is 11.5. The van der Waals surface area contributed by atoms with Crippen LogP contribution in [0.15, 0.2) is 30.5 Å². The standard InChI is InChI=1S/C10H10BF3N.K/c1-8-3-2-4-10-9(8)5-6-15(10)7-11(12,13)14;/h2-6H,7H2,1H3;/q-1;+1. The third-order valence-corrected chi connectivity index (χ3v) is 2.44. The molecule has 16 heavy (non-hydrogen) atoms. The molecular weight excluding hydrogens is 241 g/mol. The van der Waals surface area contributed by atoms with Crippen molar-refractivity contribution in [2.75, 3.05) is 0 Å². The second kappa shape index (κ2) is 5.27. The Morgan fingerprint density at radius 3 is 2.50 bits per heavy atom. The van der Waals surface area contributed by atoms with Crippen LogP contribution in [-0.4, -0.2) is 11.5 Å². The zero-order valence-electron chi connectivity index (χ0n) is 9.25. The molecule has 6 heteroatoms. The molecular formula is C10H10BF3KN. The van der Waals surface area contributed by atoms with Crippen molar-refractivity contribution in [1.82, 2.24) is 4.57 Å². The maximum Gasteiger partial charge on any atom is 1.00 e. The zero-order valence-corrected chi connectivity index (χ0v) is 12.4. The minimum Gasteiger partial charge on any atom is -0.448 e. The van der Waals surface area contributed by atoms with Crippen molar-refractivity contribution in [3.05, 3.63) is 36.0 Å². The maximum atomic E-state index is 12.3. The van der Waals surface area contributed by atoms with Gasteiger partial charge in [0.2, 0.25) is 0 Å². The van der Waals surface area contributed by atoms with Crippen LogP contribution in [0, 0.1) is 6.92 Å². The Labute approximate surface area is 134 Å². The van der Waals surface area contributed by atoms with Gasteiger partial charge in [-0.3, -0.25) is 0 Å². The summed E-state index contributed by atoms with van der Waals surface area (Å²) in [6, 6.07) is 7.11. The van der Waals surface area contributed by atoms with Gasteiger partial charge in [-0.15, -0.1) is 0 Å². The number of fused-ring (bicyclic) bond motifs is 1. The molecule has 0 saturated carbocycles. The Morgan fingerprint density at radius 2 is 1.88 bits per heavy atom. The minimum atomic E-state index is -4.78. The van der Waals surface area contributed by atoms with Gasteiger partial charge in [-0.25, -0.2) is 0 Å². The number of aryl methyl sites for hydroxylation is 1. The topological polar surface area (TPSA) is 4.93 Å². The SMILES string of the molecule is Cc1cccc2c1ccn2C[B-](F)(F)F.[K+]. The van der Waals surface area contributed by atoms with E-state index in [4.69, 9.17) is 0 Å². The average Bonchev–Trinajstić information content (AvgIpc) is 2.48. The van der Waals surface area contributed by atoms with E-state index in [1.54, 1.807) is 18.2 Å². The summed E-state index contributed by atoms with van der Waals surface area (Å²) in [4.78, 5) is 0. The van der Waals surface area contributed by atoms with Gasteiger partial charge in [0.25, 0.3) is 0 Å². The molecule has 0 unspecified atom stereocenters. The number of halogens is 3. The molecule has 0 spiro atoms. The predicted octanol–water partition coefficient (Wildman–Crippen LogP) is 0.340. The van der Waals surface area contributed by atoms with E-state index >= 15 is 0 Å². The van der Waals surface area contributed by atoms with E-state index in [-0.39, 0.29) is 51.4 Å². The van der Waals surface area contributed by atoms with Crippen molar-refractivity contribution in [3.63, 3.8) is 0 Å². The van der Waals surface area contributed by atoms with E-state index < -0.39 is 13.4 Å². The molecule has 0 saturated heterocycles. The van der Waals surface area contributed by atoms with Gasteiger partial charge in [0.05, 0.1) is 0 Å². The van der Waals surface area contributed by atoms with E-state index in [0.29, 0.717) is 5.52 Å². The van der Waals surface area contributed by atoms with Crippen molar-refractivity contribution in [2.24, 2.45) is 0 Å². The molecule has 1 aromatic carbocycles. The molecule has 0 aliphatic rings. The molecule has 0 amide bonds. The minimum absolute atomic E-state index is 0. The van der Waals surface area contributed by atoms with Crippen molar-refractivity contribution in [3.8, 4) is 0 Å². The first-order chi connectivity index (χ1) is 6.97. The molecule has 1 nitrogen and oxygen atoms in total. The Hall–Kier alpha value is 0.251. The van der Waals surface area contributed by atoms with Gasteiger partial charge in [-0.2, -0.15) is 0 Å². The number of nitrogens with zero attached hydrogens (tertiary/aromatic N) is 1. The van der Waals surface area contributed by atoms with Gasteiger partial charge >= 0.3 is 58.4 Å². The summed E-state index contributed by atoms with van der Waals surface area (Å²) >= 11 is 0. The van der Waals surface area contributed by atoms with E-state index in [0.717, 1.165) is 10.9 Å². The molecule has 2 aromatic rings. The quantitative estimate of drug-likeness (QED) is 0.678. The second-order valence-electron chi connectivity index (χ2n) is 3.69. The zero-order chi connectivity index (χ0) is 11.1. The average molecular weight is 251 g/mol. The van der Waals surface area contributed by atoms with Crippen molar-refractivity contribution in [1.29, 1.82) is 0 Å². The van der Waals surface area contributed by atoms with Gasteiger partial charge in [0.1, 0.15) is 0 Å². The third kappa shape index (κ3) is 3.14. The summed E-state index contributed by atoms with van der Waals surface area (Å²) in [5.74, 6) is 0. The second-order valence-corrected chi connectivity index (χ2v) is 3.69. The Bertz CT molecular complexity index is 492. The van der Waals surface area contributed by atoms with Crippen molar-refractivity contribution < 1.29 is 64.3 Å². The molecule has 0 fully saturated rings. The van der Waals surface area contributed by atoms with Gasteiger partial charge in [-0.05, 0) is 31.1 Å². The van der Waals surface area contributed by atoms with E-state index in [9.17, 15) is 12.9 Å². The summed E-state index contributed by atoms with van der Waals surface area (Å²) in [6.45, 7) is -2.89. The molecule has 1 aromatic heterocycles. The maximum absolute atomic E-state index is 12.3. The van der Waals surface area contributed by atoms with Crippen LogP contribution in [0.25, 0.3) is 10.9 Å². The Balaban J connectivity index is 0.00000128.